The van der Waals surface area contributed by atoms with Gasteiger partial charge in [0.05, 0.1) is 18.2 Å². The van der Waals surface area contributed by atoms with Gasteiger partial charge in [-0.1, -0.05) is 29.8 Å². The van der Waals surface area contributed by atoms with Crippen LogP contribution in [0.25, 0.3) is 0 Å². The van der Waals surface area contributed by atoms with Crippen molar-refractivity contribution in [3.63, 3.8) is 0 Å². The van der Waals surface area contributed by atoms with Gasteiger partial charge in [-0.15, -0.1) is 0 Å². The van der Waals surface area contributed by atoms with E-state index in [-0.39, 0.29) is 24.2 Å². The molecule has 1 fully saturated rings. The van der Waals surface area contributed by atoms with Crippen molar-refractivity contribution < 1.29 is 14.3 Å². The third kappa shape index (κ3) is 3.32. The highest BCUT2D eigenvalue weighted by Crippen LogP contribution is 2.30. The number of carbonyl (C=O) groups excluding carboxylic acids is 2. The lowest BCUT2D eigenvalue weighted by molar-refractivity contribution is -0.122. The van der Waals surface area contributed by atoms with Crippen molar-refractivity contribution in [2.45, 2.75) is 26.7 Å². The molecule has 2 aromatic rings. The summed E-state index contributed by atoms with van der Waals surface area (Å²) in [7, 11) is 0. The summed E-state index contributed by atoms with van der Waals surface area (Å²) in [5.74, 6) is 0.190. The number of rotatable bonds is 5. The van der Waals surface area contributed by atoms with E-state index in [1.54, 1.807) is 24.3 Å². The fourth-order valence-electron chi connectivity index (χ4n) is 3.11. The number of aryl methyl sites for hydroxylation is 1. The Hall–Kier alpha value is -2.62. The van der Waals surface area contributed by atoms with E-state index in [4.69, 9.17) is 4.74 Å². The van der Waals surface area contributed by atoms with Crippen molar-refractivity contribution in [2.24, 2.45) is 5.92 Å². The molecule has 0 N–H and O–H groups in total. The molecule has 0 aromatic heterocycles. The lowest BCUT2D eigenvalue weighted by Gasteiger charge is -2.16. The van der Waals surface area contributed by atoms with Gasteiger partial charge in [0.25, 0.3) is 0 Å². The van der Waals surface area contributed by atoms with Gasteiger partial charge in [0.2, 0.25) is 11.8 Å². The summed E-state index contributed by atoms with van der Waals surface area (Å²) in [6.07, 6.45) is 0.861. The number of nitrogens with zero attached hydrogens (tertiary/aromatic N) is 1. The molecule has 1 atom stereocenters. The lowest BCUT2D eigenvalue weighted by Crippen LogP contribution is -2.30. The fourth-order valence-corrected chi connectivity index (χ4v) is 3.11. The van der Waals surface area contributed by atoms with Crippen molar-refractivity contribution >= 4 is 17.5 Å². The summed E-state index contributed by atoms with van der Waals surface area (Å²) in [5, 5.41) is 0. The van der Waals surface area contributed by atoms with Gasteiger partial charge < -0.3 is 4.74 Å². The van der Waals surface area contributed by atoms with Crippen LogP contribution in [0.2, 0.25) is 0 Å². The molecule has 0 bridgehead atoms. The van der Waals surface area contributed by atoms with E-state index < -0.39 is 0 Å². The second kappa shape index (κ2) is 6.87. The molecule has 0 spiro atoms. The van der Waals surface area contributed by atoms with Crippen LogP contribution in [0.1, 0.15) is 24.5 Å². The number of carbonyl (C=O) groups is 2. The molecule has 0 unspecified atom stereocenters. The molecule has 1 heterocycles. The highest BCUT2D eigenvalue weighted by atomic mass is 16.5. The first kappa shape index (κ1) is 16.2. The molecule has 1 aliphatic heterocycles. The fraction of sp³-hybridized carbons (Fsp3) is 0.300. The minimum absolute atomic E-state index is 0.120. The summed E-state index contributed by atoms with van der Waals surface area (Å²) in [6, 6.07) is 15.2. The molecular formula is C20H21NO3. The van der Waals surface area contributed by atoms with Gasteiger partial charge in [0.1, 0.15) is 5.75 Å². The van der Waals surface area contributed by atoms with Crippen molar-refractivity contribution in [1.29, 1.82) is 0 Å². The van der Waals surface area contributed by atoms with Gasteiger partial charge in [-0.2, -0.15) is 0 Å². The normalized spacial score (nSPS) is 17.4. The Bertz CT molecular complexity index is 752. The number of benzene rings is 2. The van der Waals surface area contributed by atoms with Crippen LogP contribution in [0.3, 0.4) is 0 Å². The largest absolute Gasteiger partial charge is 0.494 e. The number of amides is 2. The Kier molecular flexibility index (Phi) is 4.65. The van der Waals surface area contributed by atoms with E-state index in [1.165, 1.54) is 4.90 Å². The molecule has 24 heavy (non-hydrogen) atoms. The molecule has 0 radical (unpaired) electrons. The first-order chi connectivity index (χ1) is 11.6. The average molecular weight is 323 g/mol. The first-order valence-corrected chi connectivity index (χ1v) is 8.23. The van der Waals surface area contributed by atoms with Gasteiger partial charge >= 0.3 is 0 Å². The highest BCUT2D eigenvalue weighted by Gasteiger charge is 2.39. The molecular weight excluding hydrogens is 302 g/mol. The minimum atomic E-state index is -0.286. The summed E-state index contributed by atoms with van der Waals surface area (Å²) in [5.41, 5.74) is 2.86. The molecule has 0 aliphatic carbocycles. The lowest BCUT2D eigenvalue weighted by atomic mass is 9.97. The SMILES string of the molecule is CCOc1ccc(N2C(=O)C[C@H](Cc3cccc(C)c3)C2=O)cc1. The maximum atomic E-state index is 12.7. The van der Waals surface area contributed by atoms with E-state index in [1.807, 2.05) is 32.0 Å². The molecule has 4 heteroatoms. The first-order valence-electron chi connectivity index (χ1n) is 8.23. The van der Waals surface area contributed by atoms with Gasteiger partial charge in [0, 0.05) is 6.42 Å². The van der Waals surface area contributed by atoms with Gasteiger partial charge in [-0.25, -0.2) is 0 Å². The standard InChI is InChI=1S/C20H21NO3/c1-3-24-18-9-7-17(8-10-18)21-19(22)13-16(20(21)23)12-15-6-4-5-14(2)11-15/h4-11,16H,3,12-13H2,1-2H3/t16-/m0/s1. The molecule has 124 valence electrons. The van der Waals surface area contributed by atoms with Crippen LogP contribution in [-0.4, -0.2) is 18.4 Å². The van der Waals surface area contributed by atoms with E-state index >= 15 is 0 Å². The maximum Gasteiger partial charge on any atom is 0.237 e. The zero-order valence-corrected chi connectivity index (χ0v) is 14.0. The van der Waals surface area contributed by atoms with Crippen LogP contribution in [0, 0.1) is 12.8 Å². The Morgan fingerprint density at radius 1 is 1.12 bits per heavy atom. The maximum absolute atomic E-state index is 12.7. The molecule has 2 aromatic carbocycles. The number of hydrogen-bond donors (Lipinski definition) is 0. The monoisotopic (exact) mass is 323 g/mol. The summed E-state index contributed by atoms with van der Waals surface area (Å²) >= 11 is 0. The van der Waals surface area contributed by atoms with E-state index in [2.05, 4.69) is 6.07 Å². The van der Waals surface area contributed by atoms with Crippen molar-refractivity contribution in [2.75, 3.05) is 11.5 Å². The molecule has 3 rings (SSSR count). The smallest absolute Gasteiger partial charge is 0.237 e. The van der Waals surface area contributed by atoms with Crippen LogP contribution >= 0.6 is 0 Å². The number of imide groups is 1. The van der Waals surface area contributed by atoms with Crippen LogP contribution < -0.4 is 9.64 Å². The summed E-state index contributed by atoms with van der Waals surface area (Å²) in [4.78, 5) is 26.3. The van der Waals surface area contributed by atoms with E-state index in [9.17, 15) is 9.59 Å². The van der Waals surface area contributed by atoms with Gasteiger partial charge in [-0.3, -0.25) is 14.5 Å². The molecule has 1 aliphatic rings. The third-order valence-electron chi connectivity index (χ3n) is 4.21. The molecule has 1 saturated heterocycles. The number of ether oxygens (including phenoxy) is 1. The van der Waals surface area contributed by atoms with Crippen LogP contribution in [0.5, 0.6) is 5.75 Å². The Morgan fingerprint density at radius 3 is 2.54 bits per heavy atom. The van der Waals surface area contributed by atoms with Gasteiger partial charge in [-0.05, 0) is 50.1 Å². The van der Waals surface area contributed by atoms with Crippen molar-refractivity contribution in [3.05, 3.63) is 59.7 Å². The van der Waals surface area contributed by atoms with Crippen LogP contribution in [0.4, 0.5) is 5.69 Å². The topological polar surface area (TPSA) is 46.6 Å². The second-order valence-corrected chi connectivity index (χ2v) is 6.09. The van der Waals surface area contributed by atoms with Gasteiger partial charge in [0.15, 0.2) is 0 Å². The van der Waals surface area contributed by atoms with Crippen LogP contribution in [-0.2, 0) is 16.0 Å². The van der Waals surface area contributed by atoms with E-state index in [0.29, 0.717) is 18.7 Å². The van der Waals surface area contributed by atoms with E-state index in [0.717, 1.165) is 16.9 Å². The number of anilines is 1. The Labute approximate surface area is 142 Å². The zero-order chi connectivity index (χ0) is 17.1. The molecule has 2 amide bonds. The summed E-state index contributed by atoms with van der Waals surface area (Å²) in [6.45, 7) is 4.52. The van der Waals surface area contributed by atoms with Crippen LogP contribution in [0.15, 0.2) is 48.5 Å². The summed E-state index contributed by atoms with van der Waals surface area (Å²) < 4.78 is 5.40. The zero-order valence-electron chi connectivity index (χ0n) is 14.0. The molecule has 4 nitrogen and oxygen atoms in total. The highest BCUT2D eigenvalue weighted by molar-refractivity contribution is 6.21. The van der Waals surface area contributed by atoms with Crippen molar-refractivity contribution in [3.8, 4) is 5.75 Å². The average Bonchev–Trinajstić information content (AvgIpc) is 2.83. The quantitative estimate of drug-likeness (QED) is 0.791. The number of hydrogen-bond acceptors (Lipinski definition) is 3. The second-order valence-electron chi connectivity index (χ2n) is 6.09. The predicted molar refractivity (Wildman–Crippen MR) is 93.1 cm³/mol. The van der Waals surface area contributed by atoms with Crippen molar-refractivity contribution in [1.82, 2.24) is 0 Å². The Morgan fingerprint density at radius 2 is 1.88 bits per heavy atom. The predicted octanol–water partition coefficient (Wildman–Crippen LogP) is 3.52. The molecule has 0 saturated carbocycles. The Balaban J connectivity index is 1.76. The third-order valence-corrected chi connectivity index (χ3v) is 4.21. The minimum Gasteiger partial charge on any atom is -0.494 e.